The summed E-state index contributed by atoms with van der Waals surface area (Å²) >= 11 is 0. The lowest BCUT2D eigenvalue weighted by Gasteiger charge is -2.23. The summed E-state index contributed by atoms with van der Waals surface area (Å²) in [6.45, 7) is 0.167. The van der Waals surface area contributed by atoms with E-state index in [1.165, 1.54) is 4.90 Å². The van der Waals surface area contributed by atoms with Crippen molar-refractivity contribution in [1.29, 1.82) is 0 Å². The maximum Gasteiger partial charge on any atom is 0.254 e. The van der Waals surface area contributed by atoms with Gasteiger partial charge in [0, 0.05) is 24.1 Å². The molecular formula is C19H19NO4. The zero-order valence-electron chi connectivity index (χ0n) is 13.4. The van der Waals surface area contributed by atoms with E-state index in [4.69, 9.17) is 4.74 Å². The van der Waals surface area contributed by atoms with Crippen LogP contribution in [-0.2, 0) is 0 Å². The topological polar surface area (TPSA) is 66.8 Å². The first-order valence-electron chi connectivity index (χ1n) is 7.82. The lowest BCUT2D eigenvalue weighted by atomic mass is 10.0. The van der Waals surface area contributed by atoms with Crippen LogP contribution >= 0.6 is 0 Å². The molecule has 124 valence electrons. The molecule has 2 aromatic carbocycles. The maximum absolute atomic E-state index is 12.8. The van der Waals surface area contributed by atoms with Crippen molar-refractivity contribution in [3.8, 4) is 5.75 Å². The molecule has 0 bridgehead atoms. The molecule has 0 radical (unpaired) electrons. The van der Waals surface area contributed by atoms with Crippen LogP contribution in [0.15, 0.2) is 54.6 Å². The molecule has 1 N–H and O–H groups in total. The van der Waals surface area contributed by atoms with Crippen molar-refractivity contribution in [2.45, 2.75) is 18.6 Å². The number of hydrogen-bond acceptors (Lipinski definition) is 4. The van der Waals surface area contributed by atoms with Crippen LogP contribution in [0.25, 0.3) is 0 Å². The van der Waals surface area contributed by atoms with Gasteiger partial charge < -0.3 is 14.7 Å². The zero-order chi connectivity index (χ0) is 17.1. The third kappa shape index (κ3) is 3.16. The number of benzene rings is 2. The summed E-state index contributed by atoms with van der Waals surface area (Å²) in [5, 5.41) is 9.98. The van der Waals surface area contributed by atoms with E-state index in [2.05, 4.69) is 0 Å². The number of methoxy groups -OCH3 is 1. The highest BCUT2D eigenvalue weighted by Crippen LogP contribution is 2.24. The quantitative estimate of drug-likeness (QED) is 0.875. The van der Waals surface area contributed by atoms with Gasteiger partial charge in [0.1, 0.15) is 5.75 Å². The fourth-order valence-corrected chi connectivity index (χ4v) is 2.98. The molecule has 5 heteroatoms. The fraction of sp³-hybridized carbons (Fsp3) is 0.263. The standard InChI is InChI=1S/C19H19NO4/c1-24-16-9-7-13(8-10-16)18(22)17-11-15(21)12-20(17)19(23)14-5-3-2-4-6-14/h2-10,15,17,21H,11-12H2,1H3/t15-,17-/m1/s1. The van der Waals surface area contributed by atoms with Gasteiger partial charge in [0.2, 0.25) is 0 Å². The van der Waals surface area contributed by atoms with Gasteiger partial charge in [-0.1, -0.05) is 18.2 Å². The van der Waals surface area contributed by atoms with Crippen LogP contribution in [-0.4, -0.2) is 47.5 Å². The van der Waals surface area contributed by atoms with Gasteiger partial charge >= 0.3 is 0 Å². The van der Waals surface area contributed by atoms with E-state index in [0.717, 1.165) is 0 Å². The van der Waals surface area contributed by atoms with E-state index in [9.17, 15) is 14.7 Å². The average Bonchev–Trinajstić information content (AvgIpc) is 3.03. The Hall–Kier alpha value is -2.66. The summed E-state index contributed by atoms with van der Waals surface area (Å²) < 4.78 is 5.09. The first-order chi connectivity index (χ1) is 11.6. The summed E-state index contributed by atoms with van der Waals surface area (Å²) in [6.07, 6.45) is -0.437. The molecule has 1 aliphatic heterocycles. The Labute approximate surface area is 140 Å². The van der Waals surface area contributed by atoms with Gasteiger partial charge in [-0.05, 0) is 36.4 Å². The van der Waals surface area contributed by atoms with E-state index >= 15 is 0 Å². The van der Waals surface area contributed by atoms with Gasteiger partial charge in [0.15, 0.2) is 5.78 Å². The van der Waals surface area contributed by atoms with Crippen molar-refractivity contribution in [1.82, 2.24) is 4.90 Å². The van der Waals surface area contributed by atoms with Gasteiger partial charge in [0.05, 0.1) is 19.3 Å². The number of nitrogens with zero attached hydrogens (tertiary/aromatic N) is 1. The molecule has 1 saturated heterocycles. The number of Topliss-reactive ketones (excluding diaryl/α,β-unsaturated/α-hetero) is 1. The van der Waals surface area contributed by atoms with Crippen molar-refractivity contribution in [3.05, 3.63) is 65.7 Å². The normalized spacial score (nSPS) is 20.0. The van der Waals surface area contributed by atoms with Gasteiger partial charge in [-0.3, -0.25) is 9.59 Å². The van der Waals surface area contributed by atoms with Crippen LogP contribution < -0.4 is 4.74 Å². The van der Waals surface area contributed by atoms with Gasteiger partial charge in [-0.15, -0.1) is 0 Å². The molecule has 0 aromatic heterocycles. The molecule has 5 nitrogen and oxygen atoms in total. The number of ether oxygens (including phenoxy) is 1. The lowest BCUT2D eigenvalue weighted by molar-refractivity contribution is 0.0662. The van der Waals surface area contributed by atoms with Gasteiger partial charge in [-0.25, -0.2) is 0 Å². The molecule has 2 atom stereocenters. The number of rotatable bonds is 4. The van der Waals surface area contributed by atoms with Crippen LogP contribution in [0.2, 0.25) is 0 Å². The van der Waals surface area contributed by atoms with Crippen molar-refractivity contribution in [2.75, 3.05) is 13.7 Å². The van der Waals surface area contributed by atoms with Crippen LogP contribution in [0, 0.1) is 0 Å². The molecule has 1 aliphatic rings. The Morgan fingerprint density at radius 1 is 1.04 bits per heavy atom. The van der Waals surface area contributed by atoms with Gasteiger partial charge in [-0.2, -0.15) is 0 Å². The fourth-order valence-electron chi connectivity index (χ4n) is 2.98. The zero-order valence-corrected chi connectivity index (χ0v) is 13.4. The minimum Gasteiger partial charge on any atom is -0.497 e. The van der Waals surface area contributed by atoms with Crippen molar-refractivity contribution >= 4 is 11.7 Å². The lowest BCUT2D eigenvalue weighted by Crippen LogP contribution is -2.40. The Bertz CT molecular complexity index is 727. The highest BCUT2D eigenvalue weighted by Gasteiger charge is 2.39. The summed E-state index contributed by atoms with van der Waals surface area (Å²) in [5.74, 6) is 0.257. The van der Waals surface area contributed by atoms with Crippen LogP contribution in [0.3, 0.4) is 0 Å². The van der Waals surface area contributed by atoms with Crippen molar-refractivity contribution in [2.24, 2.45) is 0 Å². The van der Waals surface area contributed by atoms with E-state index in [1.54, 1.807) is 55.6 Å². The predicted molar refractivity (Wildman–Crippen MR) is 89.2 cm³/mol. The number of likely N-dealkylation sites (tertiary alicyclic amines) is 1. The molecule has 0 unspecified atom stereocenters. The number of ketones is 1. The smallest absolute Gasteiger partial charge is 0.254 e. The molecule has 1 fully saturated rings. The Morgan fingerprint density at radius 3 is 2.33 bits per heavy atom. The Balaban J connectivity index is 1.84. The maximum atomic E-state index is 12.8. The first kappa shape index (κ1) is 16.2. The third-order valence-corrected chi connectivity index (χ3v) is 4.24. The number of β-amino-alcohol motifs (C(OH)–C–C–N with tert-alkyl or cyclic N) is 1. The molecule has 3 rings (SSSR count). The van der Waals surface area contributed by atoms with Gasteiger partial charge in [0.25, 0.3) is 5.91 Å². The minimum absolute atomic E-state index is 0.167. The number of aliphatic hydroxyl groups excluding tert-OH is 1. The van der Waals surface area contributed by atoms with Crippen LogP contribution in [0.4, 0.5) is 0 Å². The number of aliphatic hydroxyl groups is 1. The highest BCUT2D eigenvalue weighted by molar-refractivity contribution is 6.04. The van der Waals surface area contributed by atoms with E-state index in [0.29, 0.717) is 16.9 Å². The van der Waals surface area contributed by atoms with Crippen LogP contribution in [0.1, 0.15) is 27.1 Å². The molecule has 0 saturated carbocycles. The molecule has 2 aromatic rings. The molecule has 0 aliphatic carbocycles. The molecule has 24 heavy (non-hydrogen) atoms. The monoisotopic (exact) mass is 325 g/mol. The summed E-state index contributed by atoms with van der Waals surface area (Å²) in [5.41, 5.74) is 1.01. The molecule has 0 spiro atoms. The summed E-state index contributed by atoms with van der Waals surface area (Å²) in [4.78, 5) is 26.9. The van der Waals surface area contributed by atoms with Crippen molar-refractivity contribution in [3.63, 3.8) is 0 Å². The number of amides is 1. The second kappa shape index (κ2) is 6.84. The number of hydrogen-bond donors (Lipinski definition) is 1. The van der Waals surface area contributed by atoms with E-state index in [-0.39, 0.29) is 24.7 Å². The summed E-state index contributed by atoms with van der Waals surface area (Å²) in [6, 6.07) is 14.9. The first-order valence-corrected chi connectivity index (χ1v) is 7.82. The van der Waals surface area contributed by atoms with Crippen LogP contribution in [0.5, 0.6) is 5.75 Å². The summed E-state index contributed by atoms with van der Waals surface area (Å²) in [7, 11) is 1.56. The second-order valence-corrected chi connectivity index (χ2v) is 5.82. The highest BCUT2D eigenvalue weighted by atomic mass is 16.5. The third-order valence-electron chi connectivity index (χ3n) is 4.24. The van der Waals surface area contributed by atoms with E-state index < -0.39 is 12.1 Å². The SMILES string of the molecule is COc1ccc(C(=O)[C@H]2C[C@@H](O)CN2C(=O)c2ccccc2)cc1. The molecule has 1 heterocycles. The number of carbonyl (C=O) groups is 2. The molecule has 1 amide bonds. The van der Waals surface area contributed by atoms with Crippen molar-refractivity contribution < 1.29 is 19.4 Å². The minimum atomic E-state index is -0.690. The Morgan fingerprint density at radius 2 is 1.71 bits per heavy atom. The van der Waals surface area contributed by atoms with E-state index in [1.807, 2.05) is 6.07 Å². The largest absolute Gasteiger partial charge is 0.497 e. The second-order valence-electron chi connectivity index (χ2n) is 5.82. The predicted octanol–water partition coefficient (Wildman–Crippen LogP) is 2.15. The average molecular weight is 325 g/mol. The molecular weight excluding hydrogens is 306 g/mol. The Kier molecular flexibility index (Phi) is 4.62. The number of carbonyl (C=O) groups excluding carboxylic acids is 2.